The zero-order valence-electron chi connectivity index (χ0n) is 14.1. The second-order valence-corrected chi connectivity index (χ2v) is 6.23. The molecule has 0 amide bonds. The van der Waals surface area contributed by atoms with E-state index in [1.807, 2.05) is 7.05 Å². The molecule has 2 aliphatic rings. The van der Waals surface area contributed by atoms with Crippen molar-refractivity contribution in [2.45, 2.75) is 38.5 Å². The lowest BCUT2D eigenvalue weighted by atomic mass is 10.1. The molecule has 2 unspecified atom stereocenters. The van der Waals surface area contributed by atoms with Gasteiger partial charge in [0, 0.05) is 33.3 Å². The lowest BCUT2D eigenvalue weighted by molar-refractivity contribution is -0.0817. The van der Waals surface area contributed by atoms with E-state index in [-0.39, 0.29) is 12.2 Å². The number of hydrogen-bond acceptors (Lipinski definition) is 3. The van der Waals surface area contributed by atoms with Crippen LogP contribution in [0.5, 0.6) is 0 Å². The van der Waals surface area contributed by atoms with Crippen molar-refractivity contribution in [1.29, 1.82) is 0 Å². The Kier molecular flexibility index (Phi) is 5.51. The van der Waals surface area contributed by atoms with E-state index in [9.17, 15) is 0 Å². The molecule has 5 heteroatoms. The fraction of sp³-hybridized carbons (Fsp3) is 0.611. The molecule has 2 aliphatic heterocycles. The predicted octanol–water partition coefficient (Wildman–Crippen LogP) is 1.95. The van der Waals surface area contributed by atoms with Gasteiger partial charge in [0.2, 0.25) is 0 Å². The second-order valence-electron chi connectivity index (χ2n) is 6.23. The van der Waals surface area contributed by atoms with Gasteiger partial charge in [-0.1, -0.05) is 24.3 Å². The van der Waals surface area contributed by atoms with Gasteiger partial charge in [0.05, 0.1) is 12.7 Å². The molecule has 0 aliphatic carbocycles. The van der Waals surface area contributed by atoms with Crippen molar-refractivity contribution in [2.75, 3.05) is 33.4 Å². The van der Waals surface area contributed by atoms with Crippen molar-refractivity contribution in [3.63, 3.8) is 0 Å². The van der Waals surface area contributed by atoms with Gasteiger partial charge in [0.1, 0.15) is 6.10 Å². The first-order chi connectivity index (χ1) is 11.3. The quantitative estimate of drug-likeness (QED) is 0.684. The standard InChI is InChI=1S/C18H27N3O2/c1-14-6-3-4-7-15(14)12-20-18(19-2)21-9-11-23-17(13-21)16-8-5-10-22-16/h3-4,6-7,16-17H,5,8-13H2,1-2H3,(H,19,20). The van der Waals surface area contributed by atoms with Gasteiger partial charge in [-0.25, -0.2) is 0 Å². The third kappa shape index (κ3) is 4.03. The van der Waals surface area contributed by atoms with E-state index >= 15 is 0 Å². The molecule has 1 N–H and O–H groups in total. The highest BCUT2D eigenvalue weighted by atomic mass is 16.5. The van der Waals surface area contributed by atoms with Gasteiger partial charge >= 0.3 is 0 Å². The van der Waals surface area contributed by atoms with Gasteiger partial charge in [0.15, 0.2) is 5.96 Å². The first kappa shape index (κ1) is 16.3. The molecule has 1 aromatic rings. The number of ether oxygens (including phenoxy) is 2. The van der Waals surface area contributed by atoms with Crippen molar-refractivity contribution in [1.82, 2.24) is 10.2 Å². The number of nitrogens with zero attached hydrogens (tertiary/aromatic N) is 2. The van der Waals surface area contributed by atoms with E-state index in [4.69, 9.17) is 9.47 Å². The van der Waals surface area contributed by atoms with Crippen LogP contribution in [-0.4, -0.2) is 56.4 Å². The van der Waals surface area contributed by atoms with E-state index in [1.165, 1.54) is 11.1 Å². The molecule has 23 heavy (non-hydrogen) atoms. The van der Waals surface area contributed by atoms with Crippen LogP contribution in [0, 0.1) is 6.92 Å². The highest BCUT2D eigenvalue weighted by molar-refractivity contribution is 5.80. The van der Waals surface area contributed by atoms with Crippen molar-refractivity contribution in [3.8, 4) is 0 Å². The lowest BCUT2D eigenvalue weighted by Crippen LogP contribution is -2.53. The molecule has 2 saturated heterocycles. The summed E-state index contributed by atoms with van der Waals surface area (Å²) in [5.74, 6) is 0.944. The summed E-state index contributed by atoms with van der Waals surface area (Å²) in [6.07, 6.45) is 2.65. The van der Waals surface area contributed by atoms with Crippen LogP contribution in [0.25, 0.3) is 0 Å². The molecular formula is C18H27N3O2. The van der Waals surface area contributed by atoms with Crippen LogP contribution in [0.4, 0.5) is 0 Å². The van der Waals surface area contributed by atoms with Gasteiger partial charge in [-0.15, -0.1) is 0 Å². The zero-order valence-corrected chi connectivity index (χ0v) is 14.1. The summed E-state index contributed by atoms with van der Waals surface area (Å²) in [6, 6.07) is 8.45. The topological polar surface area (TPSA) is 46.1 Å². The minimum absolute atomic E-state index is 0.156. The summed E-state index contributed by atoms with van der Waals surface area (Å²) in [5, 5.41) is 3.49. The van der Waals surface area contributed by atoms with E-state index in [1.54, 1.807) is 0 Å². The normalized spacial score (nSPS) is 25.7. The summed E-state index contributed by atoms with van der Waals surface area (Å²) < 4.78 is 11.7. The SMILES string of the molecule is CN=C(NCc1ccccc1C)N1CCOC(C2CCCO2)C1. The van der Waals surface area contributed by atoms with Crippen LogP contribution >= 0.6 is 0 Å². The molecule has 0 radical (unpaired) electrons. The van der Waals surface area contributed by atoms with Crippen molar-refractivity contribution >= 4 is 5.96 Å². The fourth-order valence-corrected chi connectivity index (χ4v) is 3.30. The van der Waals surface area contributed by atoms with Crippen LogP contribution in [0.15, 0.2) is 29.3 Å². The molecule has 3 rings (SSSR count). The number of nitrogens with one attached hydrogen (secondary N) is 1. The lowest BCUT2D eigenvalue weighted by Gasteiger charge is -2.37. The minimum Gasteiger partial charge on any atom is -0.375 e. The summed E-state index contributed by atoms with van der Waals surface area (Å²) in [4.78, 5) is 6.74. The monoisotopic (exact) mass is 317 g/mol. The molecule has 2 fully saturated rings. The van der Waals surface area contributed by atoms with Gasteiger partial charge in [0.25, 0.3) is 0 Å². The largest absolute Gasteiger partial charge is 0.375 e. The summed E-state index contributed by atoms with van der Waals surface area (Å²) in [6.45, 7) is 6.25. The van der Waals surface area contributed by atoms with Crippen molar-refractivity contribution in [3.05, 3.63) is 35.4 Å². The van der Waals surface area contributed by atoms with Crippen LogP contribution in [-0.2, 0) is 16.0 Å². The van der Waals surface area contributed by atoms with E-state index in [0.29, 0.717) is 0 Å². The molecule has 0 bridgehead atoms. The molecule has 0 saturated carbocycles. The van der Waals surface area contributed by atoms with E-state index in [0.717, 1.165) is 51.6 Å². The first-order valence-electron chi connectivity index (χ1n) is 8.51. The number of morpholine rings is 1. The highest BCUT2D eigenvalue weighted by Crippen LogP contribution is 2.21. The summed E-state index contributed by atoms with van der Waals surface area (Å²) in [7, 11) is 1.84. The van der Waals surface area contributed by atoms with Gasteiger partial charge in [-0.2, -0.15) is 0 Å². The van der Waals surface area contributed by atoms with Crippen molar-refractivity contribution in [2.24, 2.45) is 4.99 Å². The predicted molar refractivity (Wildman–Crippen MR) is 91.7 cm³/mol. The average Bonchev–Trinajstić information content (AvgIpc) is 3.12. The Bertz CT molecular complexity index is 541. The molecule has 2 heterocycles. The molecule has 1 aromatic carbocycles. The zero-order chi connectivity index (χ0) is 16.1. The molecule has 2 atom stereocenters. The third-order valence-electron chi connectivity index (χ3n) is 4.68. The van der Waals surface area contributed by atoms with Crippen LogP contribution in [0.2, 0.25) is 0 Å². The molecular weight excluding hydrogens is 290 g/mol. The third-order valence-corrected chi connectivity index (χ3v) is 4.68. The van der Waals surface area contributed by atoms with Gasteiger partial charge < -0.3 is 19.7 Å². The number of hydrogen-bond donors (Lipinski definition) is 1. The van der Waals surface area contributed by atoms with Crippen molar-refractivity contribution < 1.29 is 9.47 Å². The Morgan fingerprint density at radius 3 is 2.83 bits per heavy atom. The maximum absolute atomic E-state index is 5.92. The Hall–Kier alpha value is -1.59. The number of guanidine groups is 1. The smallest absolute Gasteiger partial charge is 0.194 e. The molecule has 0 aromatic heterocycles. The second kappa shape index (κ2) is 7.79. The Balaban J connectivity index is 1.58. The van der Waals surface area contributed by atoms with Crippen LogP contribution < -0.4 is 5.32 Å². The fourth-order valence-electron chi connectivity index (χ4n) is 3.30. The molecule has 126 valence electrons. The average molecular weight is 317 g/mol. The number of benzene rings is 1. The molecule has 5 nitrogen and oxygen atoms in total. The summed E-state index contributed by atoms with van der Waals surface area (Å²) in [5.41, 5.74) is 2.60. The number of rotatable bonds is 3. The summed E-state index contributed by atoms with van der Waals surface area (Å²) >= 11 is 0. The van der Waals surface area contributed by atoms with E-state index < -0.39 is 0 Å². The number of aryl methyl sites for hydroxylation is 1. The Labute approximate surface area is 138 Å². The maximum atomic E-state index is 5.92. The maximum Gasteiger partial charge on any atom is 0.194 e. The van der Waals surface area contributed by atoms with Gasteiger partial charge in [-0.3, -0.25) is 4.99 Å². The van der Waals surface area contributed by atoms with Crippen LogP contribution in [0.3, 0.4) is 0 Å². The van der Waals surface area contributed by atoms with Crippen LogP contribution in [0.1, 0.15) is 24.0 Å². The Morgan fingerprint density at radius 1 is 1.26 bits per heavy atom. The Morgan fingerprint density at radius 2 is 2.09 bits per heavy atom. The molecule has 0 spiro atoms. The highest BCUT2D eigenvalue weighted by Gasteiger charge is 2.32. The minimum atomic E-state index is 0.156. The van der Waals surface area contributed by atoms with E-state index in [2.05, 4.69) is 46.4 Å². The van der Waals surface area contributed by atoms with Gasteiger partial charge in [-0.05, 0) is 30.9 Å². The number of aliphatic imine (C=N–C) groups is 1. The first-order valence-corrected chi connectivity index (χ1v) is 8.51.